The number of aliphatic hydroxyl groups is 1. The van der Waals surface area contributed by atoms with E-state index in [-0.39, 0.29) is 5.25 Å². The summed E-state index contributed by atoms with van der Waals surface area (Å²) in [5.74, 6) is 0. The molecule has 0 bridgehead atoms. The van der Waals surface area contributed by atoms with Gasteiger partial charge in [0.25, 0.3) is 0 Å². The molecule has 1 atom stereocenters. The second kappa shape index (κ2) is 3.44. The first kappa shape index (κ1) is 10.3. The van der Waals surface area contributed by atoms with Crippen LogP contribution in [0, 0.1) is 0 Å². The third-order valence-corrected chi connectivity index (χ3v) is 4.40. The Kier molecular flexibility index (Phi) is 2.54. The summed E-state index contributed by atoms with van der Waals surface area (Å²) in [7, 11) is 0. The van der Waals surface area contributed by atoms with Crippen molar-refractivity contribution in [3.8, 4) is 0 Å². The Labute approximate surface area is 93.5 Å². The average molecular weight is 229 g/mol. The molecule has 1 aliphatic rings. The molecule has 0 aliphatic carbocycles. The lowest BCUT2D eigenvalue weighted by molar-refractivity contribution is 0.0786. The molecule has 1 nitrogen and oxygen atoms in total. The summed E-state index contributed by atoms with van der Waals surface area (Å²) in [6, 6.07) is 5.93. The van der Waals surface area contributed by atoms with Gasteiger partial charge in [-0.3, -0.25) is 0 Å². The van der Waals surface area contributed by atoms with Crippen molar-refractivity contribution in [1.29, 1.82) is 0 Å². The van der Waals surface area contributed by atoms with Gasteiger partial charge in [0.1, 0.15) is 0 Å². The fourth-order valence-corrected chi connectivity index (χ4v) is 3.10. The van der Waals surface area contributed by atoms with Gasteiger partial charge >= 0.3 is 0 Å². The van der Waals surface area contributed by atoms with E-state index in [2.05, 4.69) is 0 Å². The van der Waals surface area contributed by atoms with Gasteiger partial charge in [-0.05, 0) is 44.0 Å². The van der Waals surface area contributed by atoms with Gasteiger partial charge in [-0.1, -0.05) is 11.6 Å². The largest absolute Gasteiger partial charge is 0.389 e. The van der Waals surface area contributed by atoms with Crippen molar-refractivity contribution in [3.05, 3.63) is 28.8 Å². The molecule has 3 heteroatoms. The first-order chi connectivity index (χ1) is 6.47. The number of hydrogen-bond acceptors (Lipinski definition) is 2. The molecule has 1 aromatic rings. The Morgan fingerprint density at radius 3 is 2.86 bits per heavy atom. The maximum absolute atomic E-state index is 9.91. The van der Waals surface area contributed by atoms with Crippen LogP contribution in [0.3, 0.4) is 0 Å². The topological polar surface area (TPSA) is 20.2 Å². The number of halogens is 1. The molecule has 0 spiro atoms. The Morgan fingerprint density at radius 1 is 1.50 bits per heavy atom. The van der Waals surface area contributed by atoms with Crippen LogP contribution >= 0.6 is 23.4 Å². The Hall–Kier alpha value is -0.180. The van der Waals surface area contributed by atoms with Crippen molar-refractivity contribution in [2.24, 2.45) is 0 Å². The van der Waals surface area contributed by atoms with Gasteiger partial charge in [0.05, 0.1) is 5.60 Å². The van der Waals surface area contributed by atoms with E-state index < -0.39 is 5.60 Å². The molecule has 1 heterocycles. The van der Waals surface area contributed by atoms with Gasteiger partial charge in [-0.2, -0.15) is 0 Å². The Balaban J connectivity index is 2.26. The van der Waals surface area contributed by atoms with E-state index in [0.29, 0.717) is 0 Å². The molecular formula is C11H13ClOS. The highest BCUT2D eigenvalue weighted by molar-refractivity contribution is 8.00. The molecule has 0 radical (unpaired) electrons. The summed E-state index contributed by atoms with van der Waals surface area (Å²) in [6.07, 6.45) is 0.907. The van der Waals surface area contributed by atoms with Crippen LogP contribution < -0.4 is 0 Å². The molecule has 76 valence electrons. The quantitative estimate of drug-likeness (QED) is 0.797. The second-order valence-electron chi connectivity index (χ2n) is 4.22. The van der Waals surface area contributed by atoms with Crippen LogP contribution in [-0.4, -0.2) is 16.0 Å². The van der Waals surface area contributed by atoms with Crippen molar-refractivity contribution in [1.82, 2.24) is 0 Å². The standard InChI is InChI=1S/C11H13ClOS/c1-11(2,13)10-6-7-5-8(12)3-4-9(7)14-10/h3-5,10,13H,6H2,1-2H3. The van der Waals surface area contributed by atoms with Crippen LogP contribution in [0.1, 0.15) is 19.4 Å². The highest BCUT2D eigenvalue weighted by Gasteiger charge is 2.33. The Bertz CT molecular complexity index is 357. The van der Waals surface area contributed by atoms with Gasteiger partial charge < -0.3 is 5.11 Å². The van der Waals surface area contributed by atoms with E-state index >= 15 is 0 Å². The number of benzene rings is 1. The second-order valence-corrected chi connectivity index (χ2v) is 5.90. The van der Waals surface area contributed by atoms with Crippen LogP contribution in [0.25, 0.3) is 0 Å². The van der Waals surface area contributed by atoms with Crippen LogP contribution in [0.2, 0.25) is 5.02 Å². The normalized spacial score (nSPS) is 21.0. The zero-order valence-corrected chi connectivity index (χ0v) is 9.82. The number of rotatable bonds is 1. The summed E-state index contributed by atoms with van der Waals surface area (Å²) in [5.41, 5.74) is 0.630. The summed E-state index contributed by atoms with van der Waals surface area (Å²) < 4.78 is 0. The van der Waals surface area contributed by atoms with Gasteiger partial charge in [0.15, 0.2) is 0 Å². The predicted molar refractivity (Wildman–Crippen MR) is 61.1 cm³/mol. The Morgan fingerprint density at radius 2 is 2.21 bits per heavy atom. The van der Waals surface area contributed by atoms with E-state index in [0.717, 1.165) is 11.4 Å². The fourth-order valence-electron chi connectivity index (χ4n) is 1.61. The predicted octanol–water partition coefficient (Wildman–Crippen LogP) is 3.13. The van der Waals surface area contributed by atoms with Crippen LogP contribution in [0.15, 0.2) is 23.1 Å². The molecule has 2 rings (SSSR count). The first-order valence-corrected chi connectivity index (χ1v) is 5.90. The van der Waals surface area contributed by atoms with E-state index in [9.17, 15) is 5.11 Å². The number of thioether (sulfide) groups is 1. The van der Waals surface area contributed by atoms with Crippen LogP contribution in [0.5, 0.6) is 0 Å². The molecular weight excluding hydrogens is 216 g/mol. The smallest absolute Gasteiger partial charge is 0.0716 e. The van der Waals surface area contributed by atoms with Crippen molar-refractivity contribution in [2.75, 3.05) is 0 Å². The maximum Gasteiger partial charge on any atom is 0.0716 e. The lowest BCUT2D eigenvalue weighted by atomic mass is 9.99. The third kappa shape index (κ3) is 1.92. The minimum Gasteiger partial charge on any atom is -0.389 e. The van der Waals surface area contributed by atoms with Crippen molar-refractivity contribution >= 4 is 23.4 Å². The monoisotopic (exact) mass is 228 g/mol. The summed E-state index contributed by atoms with van der Waals surface area (Å²) in [6.45, 7) is 3.72. The van der Waals surface area contributed by atoms with E-state index in [1.807, 2.05) is 32.0 Å². The van der Waals surface area contributed by atoms with Crippen molar-refractivity contribution in [3.63, 3.8) is 0 Å². The fraction of sp³-hybridized carbons (Fsp3) is 0.455. The zero-order chi connectivity index (χ0) is 10.3. The van der Waals surface area contributed by atoms with Crippen LogP contribution in [-0.2, 0) is 6.42 Å². The minimum absolute atomic E-state index is 0.246. The maximum atomic E-state index is 9.91. The molecule has 0 fully saturated rings. The molecule has 0 saturated carbocycles. The molecule has 1 N–H and O–H groups in total. The highest BCUT2D eigenvalue weighted by atomic mass is 35.5. The number of hydrogen-bond donors (Lipinski definition) is 1. The molecule has 0 aromatic heterocycles. The van der Waals surface area contributed by atoms with E-state index in [1.54, 1.807) is 11.8 Å². The summed E-state index contributed by atoms with van der Waals surface area (Å²) in [5, 5.41) is 10.9. The molecule has 0 amide bonds. The minimum atomic E-state index is -0.629. The third-order valence-electron chi connectivity index (χ3n) is 2.49. The van der Waals surface area contributed by atoms with Gasteiger partial charge in [0.2, 0.25) is 0 Å². The molecule has 1 unspecified atom stereocenters. The summed E-state index contributed by atoms with van der Waals surface area (Å²) in [4.78, 5) is 1.25. The summed E-state index contributed by atoms with van der Waals surface area (Å²) >= 11 is 7.66. The highest BCUT2D eigenvalue weighted by Crippen LogP contribution is 2.42. The van der Waals surface area contributed by atoms with E-state index in [1.165, 1.54) is 10.5 Å². The first-order valence-electron chi connectivity index (χ1n) is 4.64. The zero-order valence-electron chi connectivity index (χ0n) is 8.25. The van der Waals surface area contributed by atoms with Crippen molar-refractivity contribution in [2.45, 2.75) is 36.0 Å². The average Bonchev–Trinajstić information content (AvgIpc) is 2.45. The van der Waals surface area contributed by atoms with Crippen molar-refractivity contribution < 1.29 is 5.11 Å². The number of fused-ring (bicyclic) bond motifs is 1. The molecule has 14 heavy (non-hydrogen) atoms. The SMILES string of the molecule is CC(C)(O)C1Cc2cc(Cl)ccc2S1. The van der Waals surface area contributed by atoms with E-state index in [4.69, 9.17) is 11.6 Å². The lowest BCUT2D eigenvalue weighted by Gasteiger charge is -2.23. The van der Waals surface area contributed by atoms with Gasteiger partial charge in [-0.25, -0.2) is 0 Å². The molecule has 0 saturated heterocycles. The molecule has 1 aromatic carbocycles. The van der Waals surface area contributed by atoms with Gasteiger partial charge in [-0.15, -0.1) is 11.8 Å². The lowest BCUT2D eigenvalue weighted by Crippen LogP contribution is -2.32. The van der Waals surface area contributed by atoms with Crippen LogP contribution in [0.4, 0.5) is 0 Å². The van der Waals surface area contributed by atoms with Gasteiger partial charge in [0, 0.05) is 15.2 Å². The molecule has 1 aliphatic heterocycles.